The van der Waals surface area contributed by atoms with Crippen LogP contribution >= 0.6 is 0 Å². The number of rotatable bonds is 8. The van der Waals surface area contributed by atoms with Gasteiger partial charge in [0.05, 0.1) is 12.6 Å². The van der Waals surface area contributed by atoms with Gasteiger partial charge in [0.2, 0.25) is 11.7 Å². The van der Waals surface area contributed by atoms with Gasteiger partial charge in [0.25, 0.3) is 0 Å². The minimum atomic E-state index is 0.0367. The average Bonchev–Trinajstić information content (AvgIpc) is 3.16. The first-order valence-corrected chi connectivity index (χ1v) is 8.36. The molecule has 2 heterocycles. The molecule has 6 nitrogen and oxygen atoms in total. The van der Waals surface area contributed by atoms with Crippen LogP contribution in [-0.4, -0.2) is 40.2 Å². The van der Waals surface area contributed by atoms with Crippen LogP contribution in [0.1, 0.15) is 25.3 Å². The van der Waals surface area contributed by atoms with E-state index in [0.717, 1.165) is 24.3 Å². The second kappa shape index (κ2) is 8.39. The molecule has 0 unspecified atom stereocenters. The maximum absolute atomic E-state index is 5.72. The molecule has 0 aliphatic heterocycles. The monoisotopic (exact) mass is 338 g/mol. The first kappa shape index (κ1) is 17.1. The number of nitrogens with zero attached hydrogens (tertiary/aromatic N) is 4. The van der Waals surface area contributed by atoms with Crippen LogP contribution in [-0.2, 0) is 0 Å². The molecule has 0 aliphatic rings. The van der Waals surface area contributed by atoms with Crippen molar-refractivity contribution >= 4 is 0 Å². The molecular weight excluding hydrogens is 316 g/mol. The van der Waals surface area contributed by atoms with Crippen LogP contribution in [0.3, 0.4) is 0 Å². The summed E-state index contributed by atoms with van der Waals surface area (Å²) in [6.45, 7) is 3.60. The summed E-state index contributed by atoms with van der Waals surface area (Å²) in [5.41, 5.74) is 0.851. The molecule has 0 saturated heterocycles. The number of aromatic nitrogens is 3. The zero-order valence-electron chi connectivity index (χ0n) is 14.5. The Morgan fingerprint density at radius 1 is 1.16 bits per heavy atom. The number of hydrogen-bond donors (Lipinski definition) is 0. The van der Waals surface area contributed by atoms with Crippen LogP contribution in [0.25, 0.3) is 11.4 Å². The molecule has 1 atom stereocenters. The molecule has 0 bridgehead atoms. The van der Waals surface area contributed by atoms with Crippen LogP contribution in [0.15, 0.2) is 59.4 Å². The Kier molecular flexibility index (Phi) is 5.74. The molecular formula is C19H22N4O2. The Balaban J connectivity index is 1.49. The molecule has 130 valence electrons. The lowest BCUT2D eigenvalue weighted by atomic mass is 10.2. The van der Waals surface area contributed by atoms with E-state index in [9.17, 15) is 0 Å². The van der Waals surface area contributed by atoms with Crippen molar-refractivity contribution in [1.29, 1.82) is 0 Å². The van der Waals surface area contributed by atoms with E-state index >= 15 is 0 Å². The normalized spacial score (nSPS) is 12.3. The minimum Gasteiger partial charge on any atom is -0.494 e. The quantitative estimate of drug-likeness (QED) is 0.585. The predicted octanol–water partition coefficient (Wildman–Crippen LogP) is 3.59. The van der Waals surface area contributed by atoms with E-state index < -0.39 is 0 Å². The van der Waals surface area contributed by atoms with Gasteiger partial charge in [0.1, 0.15) is 5.75 Å². The fourth-order valence-electron chi connectivity index (χ4n) is 2.42. The van der Waals surface area contributed by atoms with Crippen molar-refractivity contribution in [1.82, 2.24) is 20.0 Å². The summed E-state index contributed by atoms with van der Waals surface area (Å²) in [6.07, 6.45) is 4.36. The van der Waals surface area contributed by atoms with Gasteiger partial charge in [-0.15, -0.1) is 0 Å². The van der Waals surface area contributed by atoms with Gasteiger partial charge >= 0.3 is 0 Å². The molecule has 0 N–H and O–H groups in total. The van der Waals surface area contributed by atoms with Gasteiger partial charge in [-0.05, 0) is 44.7 Å². The van der Waals surface area contributed by atoms with Crippen LogP contribution < -0.4 is 4.74 Å². The lowest BCUT2D eigenvalue weighted by molar-refractivity contribution is 0.192. The molecule has 25 heavy (non-hydrogen) atoms. The Labute approximate surface area is 147 Å². The smallest absolute Gasteiger partial charge is 0.244 e. The van der Waals surface area contributed by atoms with E-state index in [0.29, 0.717) is 18.3 Å². The Morgan fingerprint density at radius 2 is 2.00 bits per heavy atom. The highest BCUT2D eigenvalue weighted by molar-refractivity contribution is 5.51. The summed E-state index contributed by atoms with van der Waals surface area (Å²) in [6, 6.07) is 13.7. The van der Waals surface area contributed by atoms with E-state index in [1.165, 1.54) is 0 Å². The number of benzene rings is 1. The second-order valence-corrected chi connectivity index (χ2v) is 5.87. The third-order valence-electron chi connectivity index (χ3n) is 4.05. The van der Waals surface area contributed by atoms with Crippen LogP contribution in [0.5, 0.6) is 5.75 Å². The third kappa shape index (κ3) is 4.64. The zero-order valence-corrected chi connectivity index (χ0v) is 14.5. The summed E-state index contributed by atoms with van der Waals surface area (Å²) < 4.78 is 11.1. The summed E-state index contributed by atoms with van der Waals surface area (Å²) >= 11 is 0. The maximum Gasteiger partial charge on any atom is 0.244 e. The van der Waals surface area contributed by atoms with E-state index in [-0.39, 0.29) is 6.04 Å². The van der Waals surface area contributed by atoms with Crippen LogP contribution in [0, 0.1) is 0 Å². The van der Waals surface area contributed by atoms with Crippen molar-refractivity contribution in [2.24, 2.45) is 0 Å². The Bertz CT molecular complexity index is 761. The van der Waals surface area contributed by atoms with Gasteiger partial charge in [0, 0.05) is 24.5 Å². The van der Waals surface area contributed by atoms with Gasteiger partial charge in [0.15, 0.2) is 0 Å². The molecule has 0 aliphatic carbocycles. The van der Waals surface area contributed by atoms with Gasteiger partial charge in [-0.25, -0.2) is 0 Å². The highest BCUT2D eigenvalue weighted by Gasteiger charge is 2.19. The van der Waals surface area contributed by atoms with Crippen LogP contribution in [0.2, 0.25) is 0 Å². The molecule has 0 amide bonds. The highest BCUT2D eigenvalue weighted by atomic mass is 16.5. The molecule has 2 aromatic heterocycles. The summed E-state index contributed by atoms with van der Waals surface area (Å²) in [5.74, 6) is 2.07. The number of pyridine rings is 1. The largest absolute Gasteiger partial charge is 0.494 e. The molecule has 0 saturated carbocycles. The average molecular weight is 338 g/mol. The fraction of sp³-hybridized carbons (Fsp3) is 0.316. The number of para-hydroxylation sites is 1. The molecule has 0 spiro atoms. The van der Waals surface area contributed by atoms with E-state index in [1.807, 2.05) is 49.5 Å². The molecule has 0 fully saturated rings. The first-order chi connectivity index (χ1) is 12.2. The lowest BCUT2D eigenvalue weighted by Crippen LogP contribution is -2.25. The summed E-state index contributed by atoms with van der Waals surface area (Å²) in [5, 5.41) is 4.05. The maximum atomic E-state index is 5.72. The van der Waals surface area contributed by atoms with E-state index in [1.54, 1.807) is 12.4 Å². The van der Waals surface area contributed by atoms with E-state index in [2.05, 4.69) is 26.9 Å². The lowest BCUT2D eigenvalue weighted by Gasteiger charge is -2.21. The van der Waals surface area contributed by atoms with Gasteiger partial charge < -0.3 is 9.26 Å². The van der Waals surface area contributed by atoms with Crippen LogP contribution in [0.4, 0.5) is 0 Å². The Hall–Kier alpha value is -2.73. The molecule has 3 rings (SSSR count). The third-order valence-corrected chi connectivity index (χ3v) is 4.05. The SMILES string of the molecule is C[C@@H](c1nc(-c2cccnc2)no1)N(C)CCCOc1ccccc1. The first-order valence-electron chi connectivity index (χ1n) is 8.36. The highest BCUT2D eigenvalue weighted by Crippen LogP contribution is 2.21. The molecule has 0 radical (unpaired) electrons. The van der Waals surface area contributed by atoms with Crippen molar-refractivity contribution in [3.63, 3.8) is 0 Å². The van der Waals surface area contributed by atoms with Crippen molar-refractivity contribution in [2.75, 3.05) is 20.2 Å². The Morgan fingerprint density at radius 3 is 2.76 bits per heavy atom. The molecule has 3 aromatic rings. The predicted molar refractivity (Wildman–Crippen MR) is 95.1 cm³/mol. The minimum absolute atomic E-state index is 0.0367. The molecule has 6 heteroatoms. The summed E-state index contributed by atoms with van der Waals surface area (Å²) in [4.78, 5) is 10.7. The van der Waals surface area contributed by atoms with Gasteiger partial charge in [-0.1, -0.05) is 23.4 Å². The zero-order chi connectivity index (χ0) is 17.5. The van der Waals surface area contributed by atoms with Crippen molar-refractivity contribution < 1.29 is 9.26 Å². The van der Waals surface area contributed by atoms with Crippen molar-refractivity contribution in [3.05, 3.63) is 60.7 Å². The van der Waals surface area contributed by atoms with Crippen molar-refractivity contribution in [2.45, 2.75) is 19.4 Å². The second-order valence-electron chi connectivity index (χ2n) is 5.87. The standard InChI is InChI=1S/C19H22N4O2/c1-15(19-21-18(22-25-19)16-8-6-11-20-14-16)23(2)12-7-13-24-17-9-4-3-5-10-17/h3-6,8-11,14-15H,7,12-13H2,1-2H3/t15-/m0/s1. The number of ether oxygens (including phenoxy) is 1. The number of hydrogen-bond acceptors (Lipinski definition) is 6. The van der Waals surface area contributed by atoms with E-state index in [4.69, 9.17) is 9.26 Å². The summed E-state index contributed by atoms with van der Waals surface area (Å²) in [7, 11) is 2.04. The van der Waals surface area contributed by atoms with Gasteiger partial charge in [-0.2, -0.15) is 4.98 Å². The van der Waals surface area contributed by atoms with Gasteiger partial charge in [-0.3, -0.25) is 9.88 Å². The molecule has 1 aromatic carbocycles. The fourth-order valence-corrected chi connectivity index (χ4v) is 2.42. The topological polar surface area (TPSA) is 64.3 Å². The van der Waals surface area contributed by atoms with Crippen molar-refractivity contribution in [3.8, 4) is 17.1 Å².